The molecule has 1 aliphatic heterocycles. The van der Waals surface area contributed by atoms with Crippen LogP contribution < -0.4 is 15.9 Å². The van der Waals surface area contributed by atoms with E-state index in [4.69, 9.17) is 32.7 Å². The molecule has 0 radical (unpaired) electrons. The van der Waals surface area contributed by atoms with E-state index in [1.54, 1.807) is 43.9 Å². The normalized spacial score (nSPS) is 13.8. The summed E-state index contributed by atoms with van der Waals surface area (Å²) in [6, 6.07) is 11.8. The van der Waals surface area contributed by atoms with Gasteiger partial charge in [-0.05, 0) is 69.0 Å². The topological polar surface area (TPSA) is 82.8 Å². The van der Waals surface area contributed by atoms with E-state index in [-0.39, 0.29) is 45.3 Å². The minimum Gasteiger partial charge on any atom is -0.496 e. The average molecular weight is 657 g/mol. The summed E-state index contributed by atoms with van der Waals surface area (Å²) in [6.45, 7) is 12.2. The number of aromatic nitrogens is 2. The third-order valence-corrected chi connectivity index (χ3v) is 8.54. The number of hydrogen-bond donors (Lipinski definition) is 0. The van der Waals surface area contributed by atoms with Crippen LogP contribution in [0.3, 0.4) is 0 Å². The molecule has 0 aliphatic carbocycles. The molecule has 2 heterocycles. The average Bonchev–Trinajstić information content (AvgIpc) is 2.93. The molecule has 3 aromatic carbocycles. The number of fused-ring (bicyclic) bond motifs is 1. The Kier molecular flexibility index (Phi) is 8.81. The first-order valence-corrected chi connectivity index (χ1v) is 15.5. The van der Waals surface area contributed by atoms with E-state index in [2.05, 4.69) is 0 Å². The molecule has 0 saturated carbocycles. The van der Waals surface area contributed by atoms with Gasteiger partial charge in [0.2, 0.25) is 0 Å². The SMILES string of the molecule is COc1ccc(Cl)c(F)c1-c1cc2c(cc1Cl)n(CC1CN(C(=O)OC(C)(C)C)C1)c(=O)c(=O)n2-c1c(C)cccc1C(C)C. The van der Waals surface area contributed by atoms with E-state index in [1.165, 1.54) is 22.3 Å². The zero-order valence-corrected chi connectivity index (χ0v) is 27.8. The zero-order valence-electron chi connectivity index (χ0n) is 26.3. The largest absolute Gasteiger partial charge is 0.496 e. The highest BCUT2D eigenvalue weighted by Crippen LogP contribution is 2.41. The molecule has 1 aliphatic rings. The lowest BCUT2D eigenvalue weighted by Gasteiger charge is -2.40. The third kappa shape index (κ3) is 6.08. The number of para-hydroxylation sites is 1. The lowest BCUT2D eigenvalue weighted by molar-refractivity contribution is -0.00331. The summed E-state index contributed by atoms with van der Waals surface area (Å²) in [5, 5.41) is 0.0167. The van der Waals surface area contributed by atoms with Gasteiger partial charge in [-0.3, -0.25) is 14.2 Å². The Balaban J connectivity index is 1.75. The number of rotatable bonds is 6. The van der Waals surface area contributed by atoms with E-state index < -0.39 is 28.6 Å². The van der Waals surface area contributed by atoms with Crippen molar-refractivity contribution in [3.05, 3.63) is 90.2 Å². The lowest BCUT2D eigenvalue weighted by atomic mass is 9.97. The van der Waals surface area contributed by atoms with Crippen molar-refractivity contribution in [3.8, 4) is 22.6 Å². The number of amides is 1. The van der Waals surface area contributed by atoms with Crippen LogP contribution in [-0.4, -0.2) is 45.9 Å². The summed E-state index contributed by atoms with van der Waals surface area (Å²) in [7, 11) is 1.41. The van der Waals surface area contributed by atoms with Gasteiger partial charge in [0.25, 0.3) is 0 Å². The van der Waals surface area contributed by atoms with E-state index in [9.17, 15) is 14.4 Å². The van der Waals surface area contributed by atoms with Gasteiger partial charge in [0.05, 0.1) is 39.4 Å². The Hall–Kier alpha value is -3.82. The smallest absolute Gasteiger partial charge is 0.410 e. The maximum atomic E-state index is 15.6. The van der Waals surface area contributed by atoms with E-state index in [1.807, 2.05) is 39.0 Å². The van der Waals surface area contributed by atoms with Crippen LogP contribution in [0.15, 0.2) is 52.1 Å². The van der Waals surface area contributed by atoms with Gasteiger partial charge in [-0.15, -0.1) is 0 Å². The molecule has 0 bridgehead atoms. The Morgan fingerprint density at radius 1 is 1.02 bits per heavy atom. The van der Waals surface area contributed by atoms with Gasteiger partial charge in [0.15, 0.2) is 5.82 Å². The molecule has 5 rings (SSSR count). The number of nitrogens with zero attached hydrogens (tertiary/aromatic N) is 3. The number of ether oxygens (including phenoxy) is 2. The molecule has 1 saturated heterocycles. The molecule has 1 amide bonds. The summed E-state index contributed by atoms with van der Waals surface area (Å²) in [5.41, 5.74) is 1.15. The number of hydrogen-bond acceptors (Lipinski definition) is 5. The summed E-state index contributed by atoms with van der Waals surface area (Å²) < 4.78 is 29.3. The van der Waals surface area contributed by atoms with Gasteiger partial charge in [0, 0.05) is 31.1 Å². The van der Waals surface area contributed by atoms with Crippen LogP contribution in [0.2, 0.25) is 10.0 Å². The summed E-state index contributed by atoms with van der Waals surface area (Å²) in [4.78, 5) is 42.1. The number of aryl methyl sites for hydroxylation is 1. The minimum atomic E-state index is -0.756. The number of methoxy groups -OCH3 is 1. The molecule has 8 nitrogen and oxygen atoms in total. The Morgan fingerprint density at radius 3 is 2.33 bits per heavy atom. The quantitative estimate of drug-likeness (QED) is 0.200. The van der Waals surface area contributed by atoms with Crippen molar-refractivity contribution in [2.75, 3.05) is 20.2 Å². The van der Waals surface area contributed by atoms with Crippen LogP contribution in [0, 0.1) is 18.7 Å². The molecule has 0 N–H and O–H groups in total. The molecule has 0 spiro atoms. The van der Waals surface area contributed by atoms with Crippen molar-refractivity contribution in [2.24, 2.45) is 5.92 Å². The Labute approximate surface area is 270 Å². The molecule has 4 aromatic rings. The van der Waals surface area contributed by atoms with Gasteiger partial charge >= 0.3 is 17.2 Å². The molecular formula is C34H36Cl2FN3O5. The minimum absolute atomic E-state index is 0.0235. The first-order chi connectivity index (χ1) is 21.1. The second-order valence-corrected chi connectivity index (χ2v) is 13.5. The number of likely N-dealkylation sites (tertiary alicyclic amines) is 1. The first kappa shape index (κ1) is 32.6. The van der Waals surface area contributed by atoms with Crippen LogP contribution in [0.4, 0.5) is 9.18 Å². The van der Waals surface area contributed by atoms with Crippen LogP contribution in [-0.2, 0) is 11.3 Å². The Morgan fingerprint density at radius 2 is 1.71 bits per heavy atom. The predicted octanol–water partition coefficient (Wildman–Crippen LogP) is 7.57. The van der Waals surface area contributed by atoms with Crippen molar-refractivity contribution in [1.29, 1.82) is 0 Å². The third-order valence-electron chi connectivity index (χ3n) is 7.94. The number of carbonyl (C=O) groups excluding carboxylic acids is 1. The number of halogens is 3. The van der Waals surface area contributed by atoms with Crippen LogP contribution in [0.1, 0.15) is 51.7 Å². The monoisotopic (exact) mass is 655 g/mol. The van der Waals surface area contributed by atoms with Crippen molar-refractivity contribution < 1.29 is 18.7 Å². The van der Waals surface area contributed by atoms with E-state index in [0.717, 1.165) is 11.1 Å². The molecule has 1 aromatic heterocycles. The van der Waals surface area contributed by atoms with Gasteiger partial charge in [-0.2, -0.15) is 0 Å². The van der Waals surface area contributed by atoms with Gasteiger partial charge in [-0.1, -0.05) is 55.2 Å². The number of benzene rings is 3. The maximum Gasteiger partial charge on any atom is 0.410 e. The highest BCUT2D eigenvalue weighted by molar-refractivity contribution is 6.34. The van der Waals surface area contributed by atoms with Gasteiger partial charge in [-0.25, -0.2) is 9.18 Å². The van der Waals surface area contributed by atoms with Crippen molar-refractivity contribution in [3.63, 3.8) is 0 Å². The number of carbonyl (C=O) groups is 1. The summed E-state index contributed by atoms with van der Waals surface area (Å²) in [6.07, 6.45) is -0.433. The summed E-state index contributed by atoms with van der Waals surface area (Å²) >= 11 is 13.0. The standard InChI is InChI=1S/C34H36Cl2FN3O5/c1-18(2)21-10-8-9-19(3)30(21)40-26-13-22(28-27(44-7)12-11-23(35)29(28)37)24(36)14-25(26)39(31(41)32(40)42)17-20-15-38(16-20)33(43)45-34(4,5)6/h8-14,18,20H,15-17H2,1-7H3. The fourth-order valence-electron chi connectivity index (χ4n) is 5.80. The highest BCUT2D eigenvalue weighted by Gasteiger charge is 2.35. The van der Waals surface area contributed by atoms with Crippen molar-refractivity contribution >= 4 is 40.3 Å². The van der Waals surface area contributed by atoms with E-state index in [0.29, 0.717) is 29.8 Å². The summed E-state index contributed by atoms with van der Waals surface area (Å²) in [5.74, 6) is -0.608. The van der Waals surface area contributed by atoms with Crippen LogP contribution in [0.25, 0.3) is 27.8 Å². The first-order valence-electron chi connectivity index (χ1n) is 14.7. The second-order valence-electron chi connectivity index (χ2n) is 12.7. The molecule has 0 unspecified atom stereocenters. The highest BCUT2D eigenvalue weighted by atomic mass is 35.5. The lowest BCUT2D eigenvalue weighted by Crippen LogP contribution is -2.54. The molecule has 238 valence electrons. The van der Waals surface area contributed by atoms with Gasteiger partial charge in [0.1, 0.15) is 11.4 Å². The van der Waals surface area contributed by atoms with E-state index >= 15 is 4.39 Å². The maximum absolute atomic E-state index is 15.6. The molecular weight excluding hydrogens is 620 g/mol. The molecule has 11 heteroatoms. The fourth-order valence-corrected chi connectivity index (χ4v) is 6.21. The zero-order chi connectivity index (χ0) is 33.0. The predicted molar refractivity (Wildman–Crippen MR) is 176 cm³/mol. The van der Waals surface area contributed by atoms with Crippen LogP contribution >= 0.6 is 23.2 Å². The fraction of sp³-hybridized carbons (Fsp3) is 0.382. The molecule has 1 fully saturated rings. The van der Waals surface area contributed by atoms with Crippen LogP contribution in [0.5, 0.6) is 5.75 Å². The molecule has 0 atom stereocenters. The Bertz CT molecular complexity index is 1940. The van der Waals surface area contributed by atoms with Crippen molar-refractivity contribution in [2.45, 2.75) is 59.6 Å². The van der Waals surface area contributed by atoms with Crippen molar-refractivity contribution in [1.82, 2.24) is 14.0 Å². The second kappa shape index (κ2) is 12.2. The molecule has 45 heavy (non-hydrogen) atoms. The van der Waals surface area contributed by atoms with Gasteiger partial charge < -0.3 is 18.9 Å².